The molecule has 1 aromatic heterocycles. The maximum Gasteiger partial charge on any atom is 0.210 e. The van der Waals surface area contributed by atoms with Gasteiger partial charge >= 0.3 is 0 Å². The van der Waals surface area contributed by atoms with Crippen LogP contribution in [0.15, 0.2) is 73.1 Å². The molecule has 84 valence electrons. The molecule has 0 aliphatic carbocycles. The minimum Gasteiger partial charge on any atom is -1.00 e. The summed E-state index contributed by atoms with van der Waals surface area (Å²) in [5.41, 5.74) is 1.19. The Bertz CT molecular complexity index is 620. The van der Waals surface area contributed by atoms with Crippen LogP contribution in [0.5, 0.6) is 0 Å². The van der Waals surface area contributed by atoms with Gasteiger partial charge in [0.05, 0.1) is 0 Å². The number of pyridine rings is 1. The molecule has 1 nitrogen and oxygen atoms in total. The van der Waals surface area contributed by atoms with Crippen molar-refractivity contribution in [3.8, 4) is 5.69 Å². The smallest absolute Gasteiger partial charge is 0.210 e. The molecular formula is C15H12ClN. The van der Waals surface area contributed by atoms with Gasteiger partial charge in [-0.15, -0.1) is 0 Å². The Hall–Kier alpha value is -1.86. The normalized spacial score (nSPS) is 9.88. The van der Waals surface area contributed by atoms with Gasteiger partial charge in [0, 0.05) is 23.6 Å². The first kappa shape index (κ1) is 11.6. The predicted molar refractivity (Wildman–Crippen MR) is 65.5 cm³/mol. The molecule has 0 spiro atoms. The zero-order valence-corrected chi connectivity index (χ0v) is 10.0. The van der Waals surface area contributed by atoms with Gasteiger partial charge in [0.1, 0.15) is 0 Å². The van der Waals surface area contributed by atoms with Crippen LogP contribution in [-0.4, -0.2) is 0 Å². The molecule has 0 aliphatic rings. The van der Waals surface area contributed by atoms with E-state index in [1.807, 2.05) is 6.07 Å². The zero-order chi connectivity index (χ0) is 10.8. The lowest BCUT2D eigenvalue weighted by Crippen LogP contribution is -3.00. The fraction of sp³-hybridized carbons (Fsp3) is 0. The zero-order valence-electron chi connectivity index (χ0n) is 9.25. The topological polar surface area (TPSA) is 3.88 Å². The maximum atomic E-state index is 2.16. The number of para-hydroxylation sites is 1. The second-order valence-electron chi connectivity index (χ2n) is 3.82. The van der Waals surface area contributed by atoms with E-state index in [-0.39, 0.29) is 12.4 Å². The van der Waals surface area contributed by atoms with Gasteiger partial charge in [-0.05, 0) is 11.5 Å². The molecule has 0 atom stereocenters. The van der Waals surface area contributed by atoms with Crippen molar-refractivity contribution < 1.29 is 17.0 Å². The first-order chi connectivity index (χ1) is 7.93. The Labute approximate surface area is 107 Å². The summed E-state index contributed by atoms with van der Waals surface area (Å²) in [6.07, 6.45) is 4.25. The summed E-state index contributed by atoms with van der Waals surface area (Å²) in [5.74, 6) is 0. The summed E-state index contributed by atoms with van der Waals surface area (Å²) >= 11 is 0. The molecule has 0 bridgehead atoms. The van der Waals surface area contributed by atoms with Gasteiger partial charge in [-0.25, -0.2) is 0 Å². The van der Waals surface area contributed by atoms with Crippen molar-refractivity contribution in [2.45, 2.75) is 0 Å². The number of halogens is 1. The summed E-state index contributed by atoms with van der Waals surface area (Å²) in [7, 11) is 0. The van der Waals surface area contributed by atoms with E-state index in [0.717, 1.165) is 0 Å². The first-order valence-corrected chi connectivity index (χ1v) is 5.39. The van der Waals surface area contributed by atoms with E-state index in [0.29, 0.717) is 0 Å². The average molecular weight is 242 g/mol. The molecule has 0 aliphatic heterocycles. The molecule has 0 amide bonds. The number of aromatic nitrogens is 1. The number of rotatable bonds is 1. The SMILES string of the molecule is [Cl-].c1ccc(-[n+]2ccc3ccccc3c2)cc1. The van der Waals surface area contributed by atoms with E-state index < -0.39 is 0 Å². The lowest BCUT2D eigenvalue weighted by Gasteiger charge is -1.97. The lowest BCUT2D eigenvalue weighted by molar-refractivity contribution is -0.594. The number of benzene rings is 2. The summed E-state index contributed by atoms with van der Waals surface area (Å²) in [4.78, 5) is 0. The highest BCUT2D eigenvalue weighted by Gasteiger charge is 2.04. The van der Waals surface area contributed by atoms with Crippen molar-refractivity contribution in [2.75, 3.05) is 0 Å². The molecule has 0 N–H and O–H groups in total. The minimum absolute atomic E-state index is 0. The van der Waals surface area contributed by atoms with Crippen molar-refractivity contribution in [1.29, 1.82) is 0 Å². The molecule has 0 radical (unpaired) electrons. The van der Waals surface area contributed by atoms with E-state index >= 15 is 0 Å². The molecule has 2 heteroatoms. The van der Waals surface area contributed by atoms with Crippen LogP contribution >= 0.6 is 0 Å². The molecule has 3 aromatic rings. The number of fused-ring (bicyclic) bond motifs is 1. The average Bonchev–Trinajstić information content (AvgIpc) is 2.39. The van der Waals surface area contributed by atoms with Crippen molar-refractivity contribution in [1.82, 2.24) is 0 Å². The first-order valence-electron chi connectivity index (χ1n) is 5.39. The Kier molecular flexibility index (Phi) is 3.40. The van der Waals surface area contributed by atoms with Gasteiger partial charge in [0.2, 0.25) is 5.69 Å². The Balaban J connectivity index is 0.00000108. The minimum atomic E-state index is 0. The third-order valence-corrected chi connectivity index (χ3v) is 2.74. The van der Waals surface area contributed by atoms with Gasteiger partial charge < -0.3 is 12.4 Å². The van der Waals surface area contributed by atoms with Gasteiger partial charge in [0.25, 0.3) is 0 Å². The number of hydrogen-bond acceptors (Lipinski definition) is 0. The van der Waals surface area contributed by atoms with E-state index in [1.165, 1.54) is 16.5 Å². The Morgan fingerprint density at radius 2 is 1.29 bits per heavy atom. The molecule has 3 rings (SSSR count). The molecule has 2 aromatic carbocycles. The van der Waals surface area contributed by atoms with E-state index in [2.05, 4.69) is 71.6 Å². The fourth-order valence-electron chi connectivity index (χ4n) is 1.89. The number of hydrogen-bond donors (Lipinski definition) is 0. The van der Waals surface area contributed by atoms with Crippen LogP contribution < -0.4 is 17.0 Å². The van der Waals surface area contributed by atoms with Crippen LogP contribution in [0.25, 0.3) is 16.5 Å². The summed E-state index contributed by atoms with van der Waals surface area (Å²) in [5, 5.41) is 2.53. The van der Waals surface area contributed by atoms with Crippen LogP contribution in [0.2, 0.25) is 0 Å². The fourth-order valence-corrected chi connectivity index (χ4v) is 1.89. The second-order valence-corrected chi connectivity index (χ2v) is 3.82. The van der Waals surface area contributed by atoms with Crippen molar-refractivity contribution >= 4 is 10.8 Å². The Morgan fingerprint density at radius 1 is 0.647 bits per heavy atom. The molecule has 0 saturated heterocycles. The quantitative estimate of drug-likeness (QED) is 0.533. The van der Waals surface area contributed by atoms with E-state index in [9.17, 15) is 0 Å². The summed E-state index contributed by atoms with van der Waals surface area (Å²) in [6.45, 7) is 0. The molecule has 0 saturated carbocycles. The van der Waals surface area contributed by atoms with Crippen LogP contribution in [0.1, 0.15) is 0 Å². The highest BCUT2D eigenvalue weighted by Crippen LogP contribution is 2.10. The monoisotopic (exact) mass is 241 g/mol. The van der Waals surface area contributed by atoms with Gasteiger partial charge in [-0.2, -0.15) is 4.57 Å². The standard InChI is InChI=1S/C15H12N.ClH/c1-2-8-15(9-3-1)16-11-10-13-6-4-5-7-14(13)12-16;/h1-12H;1H/q+1;/p-1. The molecule has 0 unspecified atom stereocenters. The van der Waals surface area contributed by atoms with Gasteiger partial charge in [-0.1, -0.05) is 36.4 Å². The van der Waals surface area contributed by atoms with Crippen LogP contribution in [-0.2, 0) is 0 Å². The molecular weight excluding hydrogens is 230 g/mol. The Morgan fingerprint density at radius 3 is 2.06 bits per heavy atom. The van der Waals surface area contributed by atoms with Crippen LogP contribution in [0, 0.1) is 0 Å². The lowest BCUT2D eigenvalue weighted by atomic mass is 10.2. The largest absolute Gasteiger partial charge is 1.00 e. The van der Waals surface area contributed by atoms with Crippen molar-refractivity contribution in [3.05, 3.63) is 73.1 Å². The van der Waals surface area contributed by atoms with Crippen molar-refractivity contribution in [3.63, 3.8) is 0 Å². The van der Waals surface area contributed by atoms with Crippen LogP contribution in [0.4, 0.5) is 0 Å². The van der Waals surface area contributed by atoms with E-state index in [1.54, 1.807) is 0 Å². The second kappa shape index (κ2) is 4.98. The third-order valence-electron chi connectivity index (χ3n) is 2.74. The van der Waals surface area contributed by atoms with E-state index in [4.69, 9.17) is 0 Å². The predicted octanol–water partition coefficient (Wildman–Crippen LogP) is 0.121. The summed E-state index contributed by atoms with van der Waals surface area (Å²) < 4.78 is 2.14. The van der Waals surface area contributed by atoms with Crippen LogP contribution in [0.3, 0.4) is 0 Å². The summed E-state index contributed by atoms with van der Waals surface area (Å²) in [6, 6.07) is 20.9. The van der Waals surface area contributed by atoms with Gasteiger partial charge in [0.15, 0.2) is 12.4 Å². The molecule has 17 heavy (non-hydrogen) atoms. The third kappa shape index (κ3) is 2.29. The van der Waals surface area contributed by atoms with Crippen molar-refractivity contribution in [2.24, 2.45) is 0 Å². The maximum absolute atomic E-state index is 2.16. The highest BCUT2D eigenvalue weighted by atomic mass is 35.5. The molecule has 1 heterocycles. The highest BCUT2D eigenvalue weighted by molar-refractivity contribution is 5.80. The molecule has 0 fully saturated rings. The van der Waals surface area contributed by atoms with Gasteiger partial charge in [-0.3, -0.25) is 0 Å². The number of nitrogens with zero attached hydrogens (tertiary/aromatic N) is 1.